The lowest BCUT2D eigenvalue weighted by Gasteiger charge is -2.06. The molecule has 0 amide bonds. The Kier molecular flexibility index (Phi) is 2.38. The normalized spacial score (nSPS) is 11.4. The number of aromatic hydroxyl groups is 2. The molecule has 2 aromatic carbocycles. The molecule has 18 heavy (non-hydrogen) atoms. The summed E-state index contributed by atoms with van der Waals surface area (Å²) < 4.78 is 1.86. The highest BCUT2D eigenvalue weighted by molar-refractivity contribution is 6.10. The Morgan fingerprint density at radius 2 is 1.78 bits per heavy atom. The monoisotopic (exact) mass is 243 g/mol. The highest BCUT2D eigenvalue weighted by atomic mass is 16.3. The van der Waals surface area contributed by atoms with Crippen molar-refractivity contribution in [3.05, 3.63) is 36.4 Å². The number of hydrogen-bond acceptors (Lipinski definition) is 3. The smallest absolute Gasteiger partial charge is 0.143 e. The van der Waals surface area contributed by atoms with Crippen LogP contribution in [0.2, 0.25) is 0 Å². The van der Waals surface area contributed by atoms with Crippen molar-refractivity contribution < 1.29 is 15.3 Å². The first-order chi connectivity index (χ1) is 8.72. The molecule has 0 radical (unpaired) electrons. The summed E-state index contributed by atoms with van der Waals surface area (Å²) in [5.41, 5.74) is 1.57. The molecular weight excluding hydrogens is 230 g/mol. The average Bonchev–Trinajstić information content (AvgIpc) is 2.65. The van der Waals surface area contributed by atoms with Gasteiger partial charge in [-0.3, -0.25) is 0 Å². The summed E-state index contributed by atoms with van der Waals surface area (Å²) in [7, 11) is 0. The zero-order chi connectivity index (χ0) is 12.7. The van der Waals surface area contributed by atoms with Gasteiger partial charge in [0.15, 0.2) is 0 Å². The first kappa shape index (κ1) is 10.9. The highest BCUT2D eigenvalue weighted by Crippen LogP contribution is 2.37. The molecular formula is C14H13NO3. The maximum Gasteiger partial charge on any atom is 0.143 e. The number of rotatable bonds is 2. The van der Waals surface area contributed by atoms with Gasteiger partial charge < -0.3 is 19.9 Å². The Balaban J connectivity index is 2.53. The third-order valence-electron chi connectivity index (χ3n) is 3.15. The first-order valence-corrected chi connectivity index (χ1v) is 5.76. The molecule has 0 saturated carbocycles. The lowest BCUT2D eigenvalue weighted by molar-refractivity contribution is 0.279. The Labute approximate surface area is 103 Å². The lowest BCUT2D eigenvalue weighted by atomic mass is 10.1. The van der Waals surface area contributed by atoms with Gasteiger partial charge in [-0.1, -0.05) is 18.2 Å². The zero-order valence-electron chi connectivity index (χ0n) is 9.67. The van der Waals surface area contributed by atoms with Crippen LogP contribution in [0.5, 0.6) is 11.5 Å². The summed E-state index contributed by atoms with van der Waals surface area (Å²) in [6.07, 6.45) is 0. The Bertz CT molecular complexity index is 731. The second-order valence-corrected chi connectivity index (χ2v) is 4.25. The third-order valence-corrected chi connectivity index (χ3v) is 3.15. The van der Waals surface area contributed by atoms with Crippen molar-refractivity contribution in [3.63, 3.8) is 0 Å². The molecule has 0 saturated heterocycles. The summed E-state index contributed by atoms with van der Waals surface area (Å²) in [6.45, 7) is 0.399. The maximum atomic E-state index is 10.00. The minimum Gasteiger partial charge on any atom is -0.508 e. The van der Waals surface area contributed by atoms with Gasteiger partial charge in [0.05, 0.1) is 12.1 Å². The van der Waals surface area contributed by atoms with Crippen molar-refractivity contribution in [1.82, 2.24) is 4.57 Å². The zero-order valence-corrected chi connectivity index (χ0v) is 9.67. The fraction of sp³-hybridized carbons (Fsp3) is 0.143. The van der Waals surface area contributed by atoms with Crippen LogP contribution in [-0.2, 0) is 6.54 Å². The van der Waals surface area contributed by atoms with E-state index in [1.54, 1.807) is 6.07 Å². The summed E-state index contributed by atoms with van der Waals surface area (Å²) in [5, 5.41) is 30.5. The van der Waals surface area contributed by atoms with Gasteiger partial charge in [-0.15, -0.1) is 0 Å². The number of aliphatic hydroxyl groups is 1. The van der Waals surface area contributed by atoms with E-state index in [4.69, 9.17) is 5.11 Å². The standard InChI is InChI=1S/C14H13NO3/c16-6-5-15-12-4-2-1-3-10(12)11-7-9(17)8-13(18)14(11)15/h1-4,7-8,16-18H,5-6H2. The quantitative estimate of drug-likeness (QED) is 0.646. The Morgan fingerprint density at radius 3 is 2.56 bits per heavy atom. The molecule has 0 aliphatic rings. The molecule has 0 spiro atoms. The number of phenolic OH excluding ortho intramolecular Hbond substituents is 2. The van der Waals surface area contributed by atoms with Crippen molar-refractivity contribution in [2.45, 2.75) is 6.54 Å². The highest BCUT2D eigenvalue weighted by Gasteiger charge is 2.14. The van der Waals surface area contributed by atoms with Crippen molar-refractivity contribution in [2.75, 3.05) is 6.61 Å². The summed E-state index contributed by atoms with van der Waals surface area (Å²) in [4.78, 5) is 0. The molecule has 0 atom stereocenters. The van der Waals surface area contributed by atoms with Gasteiger partial charge >= 0.3 is 0 Å². The van der Waals surface area contributed by atoms with E-state index in [1.807, 2.05) is 28.8 Å². The Hall–Kier alpha value is -2.20. The fourth-order valence-electron chi connectivity index (χ4n) is 2.48. The predicted octanol–water partition coefficient (Wildman–Crippen LogP) is 2.20. The van der Waals surface area contributed by atoms with Gasteiger partial charge in [0.25, 0.3) is 0 Å². The summed E-state index contributed by atoms with van der Waals surface area (Å²) in [5.74, 6) is 0.0570. The van der Waals surface area contributed by atoms with Crippen LogP contribution in [0, 0.1) is 0 Å². The number of phenols is 2. The van der Waals surface area contributed by atoms with Crippen molar-refractivity contribution >= 4 is 21.8 Å². The molecule has 0 aliphatic heterocycles. The first-order valence-electron chi connectivity index (χ1n) is 5.76. The van der Waals surface area contributed by atoms with Gasteiger partial charge in [-0.25, -0.2) is 0 Å². The molecule has 0 unspecified atom stereocenters. The van der Waals surface area contributed by atoms with Crippen molar-refractivity contribution in [3.8, 4) is 11.5 Å². The number of benzene rings is 2. The number of hydrogen-bond donors (Lipinski definition) is 3. The SMILES string of the molecule is OCCn1c2ccccc2c2cc(O)cc(O)c21. The van der Waals surface area contributed by atoms with E-state index in [1.165, 1.54) is 6.07 Å². The Morgan fingerprint density at radius 1 is 1.00 bits per heavy atom. The molecule has 0 fully saturated rings. The van der Waals surface area contributed by atoms with Gasteiger partial charge in [0, 0.05) is 28.9 Å². The van der Waals surface area contributed by atoms with Crippen LogP contribution in [0.25, 0.3) is 21.8 Å². The molecule has 0 bridgehead atoms. The van der Waals surface area contributed by atoms with Crippen molar-refractivity contribution in [1.29, 1.82) is 0 Å². The molecule has 3 rings (SSSR count). The predicted molar refractivity (Wildman–Crippen MR) is 69.9 cm³/mol. The van der Waals surface area contributed by atoms with Crippen LogP contribution in [0.1, 0.15) is 0 Å². The number of aromatic nitrogens is 1. The van der Waals surface area contributed by atoms with E-state index in [0.29, 0.717) is 12.1 Å². The molecule has 0 aliphatic carbocycles. The van der Waals surface area contributed by atoms with Crippen LogP contribution in [0.4, 0.5) is 0 Å². The van der Waals surface area contributed by atoms with E-state index in [-0.39, 0.29) is 18.1 Å². The van der Waals surface area contributed by atoms with Gasteiger partial charge in [0.1, 0.15) is 11.5 Å². The number of para-hydroxylation sites is 1. The van der Waals surface area contributed by atoms with Crippen molar-refractivity contribution in [2.24, 2.45) is 0 Å². The molecule has 1 heterocycles. The van der Waals surface area contributed by atoms with E-state index >= 15 is 0 Å². The molecule has 3 aromatic rings. The minimum atomic E-state index is -0.00586. The fourth-order valence-corrected chi connectivity index (χ4v) is 2.48. The molecule has 1 aromatic heterocycles. The van der Waals surface area contributed by atoms with Crippen LogP contribution >= 0.6 is 0 Å². The minimum absolute atomic E-state index is 0.00586. The van der Waals surface area contributed by atoms with Crippen LogP contribution in [0.3, 0.4) is 0 Å². The number of nitrogens with zero attached hydrogens (tertiary/aromatic N) is 1. The van der Waals surface area contributed by atoms with Gasteiger partial charge in [-0.05, 0) is 12.1 Å². The van der Waals surface area contributed by atoms with Crippen LogP contribution < -0.4 is 0 Å². The van der Waals surface area contributed by atoms with Gasteiger partial charge in [0.2, 0.25) is 0 Å². The molecule has 3 N–H and O–H groups in total. The maximum absolute atomic E-state index is 10.00. The van der Waals surface area contributed by atoms with Crippen LogP contribution in [-0.4, -0.2) is 26.5 Å². The second kappa shape index (κ2) is 3.92. The molecule has 4 nitrogen and oxygen atoms in total. The van der Waals surface area contributed by atoms with Gasteiger partial charge in [-0.2, -0.15) is 0 Å². The largest absolute Gasteiger partial charge is 0.508 e. The van der Waals surface area contributed by atoms with Crippen LogP contribution in [0.15, 0.2) is 36.4 Å². The van der Waals surface area contributed by atoms with E-state index in [2.05, 4.69) is 0 Å². The summed E-state index contributed by atoms with van der Waals surface area (Å²) >= 11 is 0. The summed E-state index contributed by atoms with van der Waals surface area (Å²) in [6, 6.07) is 10.6. The number of fused-ring (bicyclic) bond motifs is 3. The lowest BCUT2D eigenvalue weighted by Crippen LogP contribution is -2.01. The average molecular weight is 243 g/mol. The van der Waals surface area contributed by atoms with E-state index < -0.39 is 0 Å². The topological polar surface area (TPSA) is 65.6 Å². The molecule has 4 heteroatoms. The second-order valence-electron chi connectivity index (χ2n) is 4.25. The molecule has 92 valence electrons. The number of aliphatic hydroxyl groups excluding tert-OH is 1. The van der Waals surface area contributed by atoms with E-state index in [9.17, 15) is 10.2 Å². The van der Waals surface area contributed by atoms with E-state index in [0.717, 1.165) is 16.3 Å². The third kappa shape index (κ3) is 1.43.